The number of carbonyl (C=O) groups excluding carboxylic acids is 2. The number of carbonyl (C=O) groups is 2. The van der Waals surface area contributed by atoms with Crippen LogP contribution in [0.3, 0.4) is 0 Å². The van der Waals surface area contributed by atoms with Crippen LogP contribution in [0.25, 0.3) is 0 Å². The van der Waals surface area contributed by atoms with Crippen molar-refractivity contribution in [2.24, 2.45) is 5.73 Å². The van der Waals surface area contributed by atoms with Gasteiger partial charge in [0.25, 0.3) is 5.91 Å². The first-order chi connectivity index (χ1) is 10.2. The molecule has 5 nitrogen and oxygen atoms in total. The summed E-state index contributed by atoms with van der Waals surface area (Å²) in [6.45, 7) is 0.117. The number of thiophene rings is 1. The standard InChI is InChI=1S/C15H17N3O2S/c16-13(19)9-17-14(20)10-18-15(12-7-4-8-21-12)11-5-2-1-3-6-11/h1-8,15,18H,9-10H2,(H2,16,19)(H,17,20)/p+1/t15-/m0/s1. The summed E-state index contributed by atoms with van der Waals surface area (Å²) in [5.41, 5.74) is 6.14. The molecule has 0 fully saturated rings. The van der Waals surface area contributed by atoms with E-state index in [1.165, 1.54) is 4.88 Å². The highest BCUT2D eigenvalue weighted by atomic mass is 32.1. The summed E-state index contributed by atoms with van der Waals surface area (Å²) in [4.78, 5) is 23.5. The summed E-state index contributed by atoms with van der Waals surface area (Å²) in [5.74, 6) is -0.743. The van der Waals surface area contributed by atoms with E-state index in [1.54, 1.807) is 11.3 Å². The van der Waals surface area contributed by atoms with E-state index in [2.05, 4.69) is 11.4 Å². The second-order valence-corrected chi connectivity index (χ2v) is 5.57. The van der Waals surface area contributed by atoms with Gasteiger partial charge in [-0.25, -0.2) is 0 Å². The van der Waals surface area contributed by atoms with Crippen molar-refractivity contribution in [2.75, 3.05) is 13.1 Å². The number of benzene rings is 1. The zero-order chi connectivity index (χ0) is 15.1. The molecule has 1 aromatic heterocycles. The highest BCUT2D eigenvalue weighted by molar-refractivity contribution is 7.10. The third-order valence-electron chi connectivity index (χ3n) is 3.01. The number of amides is 2. The van der Waals surface area contributed by atoms with Gasteiger partial charge in [0.15, 0.2) is 6.54 Å². The van der Waals surface area contributed by atoms with E-state index >= 15 is 0 Å². The number of nitrogens with two attached hydrogens (primary N) is 2. The summed E-state index contributed by atoms with van der Waals surface area (Å²) in [5, 5.41) is 6.47. The molecule has 6 heteroatoms. The molecule has 0 aliphatic rings. The predicted molar refractivity (Wildman–Crippen MR) is 81.6 cm³/mol. The lowest BCUT2D eigenvalue weighted by molar-refractivity contribution is -0.676. The van der Waals surface area contributed by atoms with Gasteiger partial charge in [-0.2, -0.15) is 0 Å². The molecule has 21 heavy (non-hydrogen) atoms. The van der Waals surface area contributed by atoms with Crippen molar-refractivity contribution in [1.82, 2.24) is 5.32 Å². The van der Waals surface area contributed by atoms with Crippen LogP contribution in [-0.4, -0.2) is 24.9 Å². The largest absolute Gasteiger partial charge is 0.368 e. The van der Waals surface area contributed by atoms with Gasteiger partial charge in [-0.1, -0.05) is 36.4 Å². The van der Waals surface area contributed by atoms with Gasteiger partial charge in [0, 0.05) is 5.56 Å². The smallest absolute Gasteiger partial charge is 0.275 e. The van der Waals surface area contributed by atoms with Gasteiger partial charge >= 0.3 is 0 Å². The van der Waals surface area contributed by atoms with Crippen molar-refractivity contribution in [1.29, 1.82) is 0 Å². The molecule has 2 rings (SSSR count). The van der Waals surface area contributed by atoms with Gasteiger partial charge in [-0.05, 0) is 11.4 Å². The molecular formula is C15H18N3O2S+. The van der Waals surface area contributed by atoms with E-state index in [4.69, 9.17) is 5.73 Å². The zero-order valence-corrected chi connectivity index (χ0v) is 12.3. The molecule has 2 aromatic rings. The van der Waals surface area contributed by atoms with Crippen LogP contribution in [0.1, 0.15) is 16.5 Å². The Hall–Kier alpha value is -2.18. The fraction of sp³-hybridized carbons (Fsp3) is 0.200. The van der Waals surface area contributed by atoms with Crippen molar-refractivity contribution in [3.63, 3.8) is 0 Å². The first-order valence-electron chi connectivity index (χ1n) is 6.63. The minimum absolute atomic E-state index is 0.0746. The molecule has 0 unspecified atom stereocenters. The zero-order valence-electron chi connectivity index (χ0n) is 11.5. The van der Waals surface area contributed by atoms with Crippen LogP contribution in [0.5, 0.6) is 0 Å². The molecule has 0 radical (unpaired) electrons. The topological polar surface area (TPSA) is 88.8 Å². The fourth-order valence-corrected chi connectivity index (χ4v) is 2.88. The molecule has 0 aliphatic carbocycles. The molecule has 5 N–H and O–H groups in total. The van der Waals surface area contributed by atoms with Crippen LogP contribution in [-0.2, 0) is 9.59 Å². The molecule has 0 saturated carbocycles. The maximum absolute atomic E-state index is 11.7. The Bertz CT molecular complexity index is 584. The molecule has 0 bridgehead atoms. The monoisotopic (exact) mass is 304 g/mol. The molecule has 110 valence electrons. The van der Waals surface area contributed by atoms with Crippen LogP contribution in [0, 0.1) is 0 Å². The molecule has 0 spiro atoms. The van der Waals surface area contributed by atoms with E-state index in [0.717, 1.165) is 5.56 Å². The first kappa shape index (κ1) is 15.2. The summed E-state index contributed by atoms with van der Waals surface area (Å²) in [6, 6.07) is 14.1. The highest BCUT2D eigenvalue weighted by Crippen LogP contribution is 2.22. The number of primary amides is 1. The lowest BCUT2D eigenvalue weighted by Gasteiger charge is -2.14. The Morgan fingerprint density at radius 1 is 1.19 bits per heavy atom. The van der Waals surface area contributed by atoms with Gasteiger partial charge in [-0.3, -0.25) is 9.59 Å². The van der Waals surface area contributed by atoms with Crippen molar-refractivity contribution in [3.8, 4) is 0 Å². The van der Waals surface area contributed by atoms with Crippen LogP contribution < -0.4 is 16.4 Å². The normalized spacial score (nSPS) is 11.8. The van der Waals surface area contributed by atoms with Gasteiger partial charge < -0.3 is 16.4 Å². The quantitative estimate of drug-likeness (QED) is 0.672. The van der Waals surface area contributed by atoms with Gasteiger partial charge in [0.05, 0.1) is 11.4 Å². The minimum Gasteiger partial charge on any atom is -0.368 e. The van der Waals surface area contributed by atoms with Crippen molar-refractivity contribution in [3.05, 3.63) is 58.3 Å². The molecule has 2 amide bonds. The Kier molecular flexibility index (Phi) is 5.48. The van der Waals surface area contributed by atoms with E-state index in [9.17, 15) is 9.59 Å². The third kappa shape index (κ3) is 4.70. The van der Waals surface area contributed by atoms with Crippen molar-refractivity contribution < 1.29 is 14.9 Å². The number of nitrogens with one attached hydrogen (secondary N) is 1. The van der Waals surface area contributed by atoms with Gasteiger partial charge in [-0.15, -0.1) is 11.3 Å². The van der Waals surface area contributed by atoms with Gasteiger partial charge in [0.1, 0.15) is 6.04 Å². The molecular weight excluding hydrogens is 286 g/mol. The number of hydrogen-bond donors (Lipinski definition) is 3. The van der Waals surface area contributed by atoms with Crippen molar-refractivity contribution >= 4 is 23.2 Å². The summed E-state index contributed by atoms with van der Waals surface area (Å²) in [7, 11) is 0. The Balaban J connectivity index is 2.01. The lowest BCUT2D eigenvalue weighted by atomic mass is 10.1. The Labute approximate surface area is 127 Å². The van der Waals surface area contributed by atoms with E-state index < -0.39 is 5.91 Å². The van der Waals surface area contributed by atoms with Crippen LogP contribution in [0.2, 0.25) is 0 Å². The van der Waals surface area contributed by atoms with Gasteiger partial charge in [0.2, 0.25) is 5.91 Å². The molecule has 0 aliphatic heterocycles. The van der Waals surface area contributed by atoms with Crippen molar-refractivity contribution in [2.45, 2.75) is 6.04 Å². The maximum atomic E-state index is 11.7. The summed E-state index contributed by atoms with van der Waals surface area (Å²) >= 11 is 1.66. The minimum atomic E-state index is -0.541. The number of quaternary nitrogens is 1. The lowest BCUT2D eigenvalue weighted by Crippen LogP contribution is -2.87. The highest BCUT2D eigenvalue weighted by Gasteiger charge is 2.19. The number of hydrogen-bond acceptors (Lipinski definition) is 3. The molecule has 0 saturated heterocycles. The molecule has 1 atom stereocenters. The fourth-order valence-electron chi connectivity index (χ4n) is 2.03. The van der Waals surface area contributed by atoms with E-state index in [1.807, 2.05) is 47.1 Å². The summed E-state index contributed by atoms with van der Waals surface area (Å²) < 4.78 is 0. The summed E-state index contributed by atoms with van der Waals surface area (Å²) in [6.07, 6.45) is 0. The first-order valence-corrected chi connectivity index (χ1v) is 7.51. The van der Waals surface area contributed by atoms with Crippen LogP contribution >= 0.6 is 11.3 Å². The third-order valence-corrected chi connectivity index (χ3v) is 3.96. The second kappa shape index (κ2) is 7.56. The molecule has 1 heterocycles. The Morgan fingerprint density at radius 2 is 1.95 bits per heavy atom. The van der Waals surface area contributed by atoms with Crippen LogP contribution in [0.4, 0.5) is 0 Å². The molecule has 1 aromatic carbocycles. The number of rotatable bonds is 7. The van der Waals surface area contributed by atoms with E-state index in [-0.39, 0.29) is 25.0 Å². The van der Waals surface area contributed by atoms with E-state index in [0.29, 0.717) is 0 Å². The maximum Gasteiger partial charge on any atom is 0.275 e. The second-order valence-electron chi connectivity index (χ2n) is 4.59. The predicted octanol–water partition coefficient (Wildman–Crippen LogP) is 0.00240. The average molecular weight is 304 g/mol. The SMILES string of the molecule is NC(=O)CNC(=O)C[NH2+][C@@H](c1ccccc1)c1cccs1. The Morgan fingerprint density at radius 3 is 2.57 bits per heavy atom. The van der Waals surface area contributed by atoms with Crippen LogP contribution in [0.15, 0.2) is 47.8 Å². The average Bonchev–Trinajstić information content (AvgIpc) is 3.00.